The maximum absolute atomic E-state index is 13.2. The minimum absolute atomic E-state index is 0.160. The molecule has 0 aliphatic carbocycles. The van der Waals surface area contributed by atoms with Gasteiger partial charge < -0.3 is 9.15 Å². The summed E-state index contributed by atoms with van der Waals surface area (Å²) in [6.45, 7) is 2.05. The summed E-state index contributed by atoms with van der Waals surface area (Å²) in [5, 5.41) is 0.474. The number of methoxy groups -OCH3 is 1. The first kappa shape index (κ1) is 22.0. The molecule has 2 aromatic carbocycles. The summed E-state index contributed by atoms with van der Waals surface area (Å²) in [5.74, 6) is 0.642. The molecule has 0 saturated heterocycles. The first-order valence-electron chi connectivity index (χ1n) is 9.92. The Balaban J connectivity index is 1.58. The van der Waals surface area contributed by atoms with Gasteiger partial charge in [-0.3, -0.25) is 9.69 Å². The van der Waals surface area contributed by atoms with Crippen LogP contribution in [0.3, 0.4) is 0 Å². The second kappa shape index (κ2) is 9.13. The molecule has 2 aromatic heterocycles. The lowest BCUT2D eigenvalue weighted by atomic mass is 10.2. The number of hydrogen-bond acceptors (Lipinski definition) is 7. The number of benzene rings is 2. The molecule has 9 heteroatoms. The Labute approximate surface area is 190 Å². The van der Waals surface area contributed by atoms with Crippen LogP contribution in [-0.2, 0) is 21.2 Å². The summed E-state index contributed by atoms with van der Waals surface area (Å²) < 4.78 is 37.0. The number of nitrogens with zero attached hydrogens (tertiary/aromatic N) is 2. The second-order valence-corrected chi connectivity index (χ2v) is 10.4. The summed E-state index contributed by atoms with van der Waals surface area (Å²) in [5.41, 5.74) is 1.70. The van der Waals surface area contributed by atoms with Crippen LogP contribution in [0.5, 0.6) is 5.75 Å². The maximum atomic E-state index is 13.2. The zero-order valence-corrected chi connectivity index (χ0v) is 19.3. The molecule has 2 heterocycles. The quantitative estimate of drug-likeness (QED) is 0.374. The van der Waals surface area contributed by atoms with Crippen LogP contribution in [0.1, 0.15) is 17.7 Å². The number of carbonyl (C=O) groups is 1. The highest BCUT2D eigenvalue weighted by atomic mass is 32.2. The van der Waals surface area contributed by atoms with E-state index in [0.717, 1.165) is 15.8 Å². The molecule has 0 saturated carbocycles. The zero-order chi connectivity index (χ0) is 22.7. The van der Waals surface area contributed by atoms with E-state index in [1.54, 1.807) is 49.6 Å². The van der Waals surface area contributed by atoms with E-state index in [1.807, 2.05) is 19.1 Å². The van der Waals surface area contributed by atoms with Crippen LogP contribution in [0.25, 0.3) is 10.2 Å². The van der Waals surface area contributed by atoms with E-state index < -0.39 is 9.84 Å². The molecule has 0 atom stereocenters. The van der Waals surface area contributed by atoms with Crippen molar-refractivity contribution < 1.29 is 22.4 Å². The topological polar surface area (TPSA) is 89.7 Å². The monoisotopic (exact) mass is 470 g/mol. The highest BCUT2D eigenvalue weighted by molar-refractivity contribution is 7.91. The Morgan fingerprint density at radius 3 is 2.62 bits per heavy atom. The van der Waals surface area contributed by atoms with Gasteiger partial charge in [-0.05, 0) is 49.4 Å². The van der Waals surface area contributed by atoms with Crippen LogP contribution < -0.4 is 9.64 Å². The predicted molar refractivity (Wildman–Crippen MR) is 124 cm³/mol. The van der Waals surface area contributed by atoms with Crippen LogP contribution in [0.4, 0.5) is 5.13 Å². The van der Waals surface area contributed by atoms with Gasteiger partial charge in [-0.25, -0.2) is 13.4 Å². The number of sulfone groups is 1. The molecule has 7 nitrogen and oxygen atoms in total. The van der Waals surface area contributed by atoms with Crippen LogP contribution in [0.2, 0.25) is 0 Å². The molecule has 0 spiro atoms. The SMILES string of the molecule is COc1ccc2nc(N(Cc3ccco3)C(=O)CCS(=O)(=O)c3ccc(C)cc3)sc2c1. The fourth-order valence-corrected chi connectivity index (χ4v) is 5.42. The maximum Gasteiger partial charge on any atom is 0.230 e. The highest BCUT2D eigenvalue weighted by Gasteiger charge is 2.24. The largest absolute Gasteiger partial charge is 0.497 e. The first-order chi connectivity index (χ1) is 15.4. The summed E-state index contributed by atoms with van der Waals surface area (Å²) in [4.78, 5) is 19.4. The Morgan fingerprint density at radius 1 is 1.16 bits per heavy atom. The van der Waals surface area contributed by atoms with Gasteiger partial charge in [0.15, 0.2) is 15.0 Å². The van der Waals surface area contributed by atoms with Crippen molar-refractivity contribution in [3.8, 4) is 5.75 Å². The number of ether oxygens (including phenoxy) is 1. The fraction of sp³-hybridized carbons (Fsp3) is 0.217. The molecule has 0 fully saturated rings. The van der Waals surface area contributed by atoms with E-state index in [4.69, 9.17) is 9.15 Å². The second-order valence-electron chi connectivity index (χ2n) is 7.27. The molecule has 0 unspecified atom stereocenters. The molecule has 32 heavy (non-hydrogen) atoms. The third-order valence-electron chi connectivity index (χ3n) is 4.98. The molecule has 0 bridgehead atoms. The molecular formula is C23H22N2O5S2. The Kier molecular flexibility index (Phi) is 6.29. The van der Waals surface area contributed by atoms with Crippen molar-refractivity contribution in [3.05, 3.63) is 72.2 Å². The molecule has 4 aromatic rings. The van der Waals surface area contributed by atoms with Gasteiger partial charge in [-0.15, -0.1) is 0 Å². The fourth-order valence-electron chi connectivity index (χ4n) is 3.18. The number of thiazole rings is 1. The van der Waals surface area contributed by atoms with Crippen molar-refractivity contribution >= 4 is 42.4 Å². The number of anilines is 1. The van der Waals surface area contributed by atoms with Crippen molar-refractivity contribution in [3.63, 3.8) is 0 Å². The van der Waals surface area contributed by atoms with Crippen LogP contribution in [0, 0.1) is 6.92 Å². The van der Waals surface area contributed by atoms with Crippen LogP contribution in [0.15, 0.2) is 70.2 Å². The smallest absolute Gasteiger partial charge is 0.230 e. The van der Waals surface area contributed by atoms with E-state index in [9.17, 15) is 13.2 Å². The normalized spacial score (nSPS) is 11.6. The van der Waals surface area contributed by atoms with Gasteiger partial charge in [0, 0.05) is 6.42 Å². The molecule has 0 radical (unpaired) electrons. The standard InChI is InChI=1S/C23H22N2O5S2/c1-16-5-8-19(9-6-16)32(27,28)13-11-22(26)25(15-18-4-3-12-30-18)23-24-20-10-7-17(29-2)14-21(20)31-23/h3-10,12,14H,11,13,15H2,1-2H3. The van der Waals surface area contributed by atoms with Gasteiger partial charge in [-0.1, -0.05) is 29.0 Å². The van der Waals surface area contributed by atoms with E-state index in [0.29, 0.717) is 16.6 Å². The third-order valence-corrected chi connectivity index (χ3v) is 7.75. The van der Waals surface area contributed by atoms with Crippen molar-refractivity contribution in [2.45, 2.75) is 24.8 Å². The van der Waals surface area contributed by atoms with Gasteiger partial charge in [0.25, 0.3) is 0 Å². The van der Waals surface area contributed by atoms with Gasteiger partial charge >= 0.3 is 0 Å². The van der Waals surface area contributed by atoms with Gasteiger partial charge in [-0.2, -0.15) is 0 Å². The third kappa shape index (κ3) is 4.84. The summed E-state index contributed by atoms with van der Waals surface area (Å²) in [7, 11) is -2.00. The lowest BCUT2D eigenvalue weighted by Crippen LogP contribution is -2.31. The summed E-state index contributed by atoms with van der Waals surface area (Å²) >= 11 is 1.34. The number of aryl methyl sites for hydroxylation is 1. The minimum atomic E-state index is -3.59. The number of fused-ring (bicyclic) bond motifs is 1. The van der Waals surface area contributed by atoms with Crippen molar-refractivity contribution in [2.24, 2.45) is 0 Å². The van der Waals surface area contributed by atoms with E-state index in [-0.39, 0.29) is 29.5 Å². The Hall–Kier alpha value is -3.17. The van der Waals surface area contributed by atoms with Gasteiger partial charge in [0.1, 0.15) is 11.5 Å². The molecule has 166 valence electrons. The average molecular weight is 471 g/mol. The molecule has 4 rings (SSSR count). The van der Waals surface area contributed by atoms with Crippen LogP contribution >= 0.6 is 11.3 Å². The van der Waals surface area contributed by atoms with Crippen LogP contribution in [-0.4, -0.2) is 32.2 Å². The minimum Gasteiger partial charge on any atom is -0.497 e. The summed E-state index contributed by atoms with van der Waals surface area (Å²) in [6.07, 6.45) is 1.36. The lowest BCUT2D eigenvalue weighted by Gasteiger charge is -2.18. The number of carbonyl (C=O) groups excluding carboxylic acids is 1. The molecule has 0 aliphatic heterocycles. The number of amides is 1. The first-order valence-corrected chi connectivity index (χ1v) is 12.4. The van der Waals surface area contributed by atoms with Crippen molar-refractivity contribution in [1.82, 2.24) is 4.98 Å². The molecular weight excluding hydrogens is 448 g/mol. The number of furan rings is 1. The molecule has 0 N–H and O–H groups in total. The molecule has 1 amide bonds. The number of rotatable bonds is 8. The molecule has 0 aliphatic rings. The Morgan fingerprint density at radius 2 is 1.94 bits per heavy atom. The van der Waals surface area contributed by atoms with E-state index in [1.165, 1.54) is 22.5 Å². The van der Waals surface area contributed by atoms with E-state index >= 15 is 0 Å². The van der Waals surface area contributed by atoms with Gasteiger partial charge in [0.2, 0.25) is 5.91 Å². The zero-order valence-electron chi connectivity index (χ0n) is 17.6. The van der Waals surface area contributed by atoms with E-state index in [2.05, 4.69) is 4.98 Å². The highest BCUT2D eigenvalue weighted by Crippen LogP contribution is 2.32. The van der Waals surface area contributed by atoms with Crippen molar-refractivity contribution in [1.29, 1.82) is 0 Å². The van der Waals surface area contributed by atoms with Crippen molar-refractivity contribution in [2.75, 3.05) is 17.8 Å². The van der Waals surface area contributed by atoms with Gasteiger partial charge in [0.05, 0.1) is 40.8 Å². The lowest BCUT2D eigenvalue weighted by molar-refractivity contribution is -0.118. The number of aromatic nitrogens is 1. The predicted octanol–water partition coefficient (Wildman–Crippen LogP) is 4.60. The average Bonchev–Trinajstić information content (AvgIpc) is 3.45. The Bertz CT molecular complexity index is 1330. The number of hydrogen-bond donors (Lipinski definition) is 0. The summed E-state index contributed by atoms with van der Waals surface area (Å²) in [6, 6.07) is 15.6.